The van der Waals surface area contributed by atoms with E-state index >= 15 is 0 Å². The Bertz CT molecular complexity index is 785. The first-order valence-corrected chi connectivity index (χ1v) is 8.13. The van der Waals surface area contributed by atoms with Crippen molar-refractivity contribution in [1.29, 1.82) is 0 Å². The first kappa shape index (κ1) is 17.0. The molecule has 0 atom stereocenters. The maximum Gasteiger partial charge on any atom is 0.170 e. The molecule has 0 saturated carbocycles. The number of benzene rings is 2. The lowest BCUT2D eigenvalue weighted by Crippen LogP contribution is -2.80. The fourth-order valence-corrected chi connectivity index (χ4v) is 2.58. The van der Waals surface area contributed by atoms with Gasteiger partial charge in [0.15, 0.2) is 17.3 Å². The second-order valence-electron chi connectivity index (χ2n) is 5.64. The number of furan rings is 1. The number of nitrogens with two attached hydrogens (primary N) is 1. The zero-order chi connectivity index (χ0) is 17.5. The summed E-state index contributed by atoms with van der Waals surface area (Å²) >= 11 is 0. The number of ether oxygens (including phenoxy) is 2. The summed E-state index contributed by atoms with van der Waals surface area (Å²) in [7, 11) is 1.62. The molecule has 0 aliphatic carbocycles. The second kappa shape index (κ2) is 8.35. The summed E-state index contributed by atoms with van der Waals surface area (Å²) in [6, 6.07) is 16.0. The molecular weight excluding hydrogens is 321 g/mol. The average Bonchev–Trinajstić information content (AvgIpc) is 3.15. The van der Waals surface area contributed by atoms with Gasteiger partial charge in [0.25, 0.3) is 0 Å². The summed E-state index contributed by atoms with van der Waals surface area (Å²) < 4.78 is 29.8. The number of halogens is 1. The van der Waals surface area contributed by atoms with Crippen molar-refractivity contribution < 1.29 is 23.6 Å². The van der Waals surface area contributed by atoms with E-state index in [9.17, 15) is 4.39 Å². The fraction of sp³-hybridized carbons (Fsp3) is 0.200. The lowest BCUT2D eigenvalue weighted by atomic mass is 10.1. The molecule has 0 aliphatic heterocycles. The predicted molar refractivity (Wildman–Crippen MR) is 91.8 cm³/mol. The number of methoxy groups -OCH3 is 1. The third-order valence-corrected chi connectivity index (χ3v) is 3.87. The maximum absolute atomic E-state index is 13.0. The number of rotatable bonds is 8. The molecule has 2 aromatic carbocycles. The quantitative estimate of drug-likeness (QED) is 0.683. The van der Waals surface area contributed by atoms with Crippen LogP contribution in [0.15, 0.2) is 65.3 Å². The Kier molecular flexibility index (Phi) is 5.69. The molecule has 4 nitrogen and oxygen atoms in total. The van der Waals surface area contributed by atoms with Crippen LogP contribution in [0.3, 0.4) is 0 Å². The van der Waals surface area contributed by atoms with Crippen molar-refractivity contribution in [1.82, 2.24) is 0 Å². The van der Waals surface area contributed by atoms with Crippen molar-refractivity contribution in [3.8, 4) is 11.5 Å². The van der Waals surface area contributed by atoms with Gasteiger partial charge in [-0.05, 0) is 42.0 Å². The van der Waals surface area contributed by atoms with Gasteiger partial charge >= 0.3 is 0 Å². The highest BCUT2D eigenvalue weighted by Crippen LogP contribution is 2.31. The largest absolute Gasteiger partial charge is 0.493 e. The van der Waals surface area contributed by atoms with Crippen LogP contribution in [-0.4, -0.2) is 7.11 Å². The molecule has 0 radical (unpaired) electrons. The van der Waals surface area contributed by atoms with Crippen molar-refractivity contribution >= 4 is 0 Å². The van der Waals surface area contributed by atoms with Gasteiger partial charge in [-0.15, -0.1) is 0 Å². The summed E-state index contributed by atoms with van der Waals surface area (Å²) in [4.78, 5) is 0. The Hall–Kier alpha value is -2.79. The van der Waals surface area contributed by atoms with Gasteiger partial charge in [-0.3, -0.25) is 0 Å². The van der Waals surface area contributed by atoms with Crippen LogP contribution in [0, 0.1) is 5.82 Å². The van der Waals surface area contributed by atoms with E-state index in [0.717, 1.165) is 30.0 Å². The lowest BCUT2D eigenvalue weighted by Gasteiger charge is -2.14. The van der Waals surface area contributed by atoms with Gasteiger partial charge in [-0.25, -0.2) is 4.39 Å². The van der Waals surface area contributed by atoms with Crippen LogP contribution in [0.2, 0.25) is 0 Å². The molecule has 0 fully saturated rings. The van der Waals surface area contributed by atoms with E-state index in [1.54, 1.807) is 25.5 Å². The van der Waals surface area contributed by atoms with Crippen LogP contribution in [0.5, 0.6) is 11.5 Å². The van der Waals surface area contributed by atoms with Crippen LogP contribution in [0.25, 0.3) is 0 Å². The molecule has 130 valence electrons. The Morgan fingerprint density at radius 2 is 1.84 bits per heavy atom. The van der Waals surface area contributed by atoms with E-state index in [1.807, 2.05) is 30.3 Å². The van der Waals surface area contributed by atoms with Crippen LogP contribution in [0.4, 0.5) is 4.39 Å². The van der Waals surface area contributed by atoms with E-state index in [-0.39, 0.29) is 5.82 Å². The minimum atomic E-state index is -0.255. The standard InChI is InChI=1S/C20H20FNO3/c1-23-19-6-2-4-16(12-22-13-18-5-3-11-24-18)20(19)25-14-15-7-9-17(21)10-8-15/h2-11,22H,12-14H2,1H3/p+1. The molecule has 0 amide bonds. The first-order chi connectivity index (χ1) is 12.3. The van der Waals surface area contributed by atoms with Gasteiger partial charge in [0.2, 0.25) is 0 Å². The average molecular weight is 342 g/mol. The summed E-state index contributed by atoms with van der Waals surface area (Å²) in [6.45, 7) is 1.84. The van der Waals surface area contributed by atoms with Crippen molar-refractivity contribution in [3.05, 3.63) is 83.6 Å². The van der Waals surface area contributed by atoms with E-state index in [0.29, 0.717) is 18.1 Å². The SMILES string of the molecule is COc1cccc(C[NH2+]Cc2ccco2)c1OCc1ccc(F)cc1. The third-order valence-electron chi connectivity index (χ3n) is 3.87. The van der Waals surface area contributed by atoms with Crippen molar-refractivity contribution in [2.75, 3.05) is 7.11 Å². The zero-order valence-corrected chi connectivity index (χ0v) is 14.1. The van der Waals surface area contributed by atoms with Crippen molar-refractivity contribution in [2.45, 2.75) is 19.7 Å². The number of quaternary nitrogens is 1. The highest BCUT2D eigenvalue weighted by atomic mass is 19.1. The Labute approximate surface area is 146 Å². The van der Waals surface area contributed by atoms with Gasteiger partial charge in [-0.2, -0.15) is 0 Å². The highest BCUT2D eigenvalue weighted by molar-refractivity contribution is 5.46. The van der Waals surface area contributed by atoms with Crippen LogP contribution < -0.4 is 14.8 Å². The lowest BCUT2D eigenvalue weighted by molar-refractivity contribution is -0.688. The second-order valence-corrected chi connectivity index (χ2v) is 5.64. The number of para-hydroxylation sites is 1. The maximum atomic E-state index is 13.0. The molecule has 2 N–H and O–H groups in total. The minimum absolute atomic E-state index is 0.255. The van der Waals surface area contributed by atoms with Crippen molar-refractivity contribution in [3.63, 3.8) is 0 Å². The fourth-order valence-electron chi connectivity index (χ4n) is 2.58. The monoisotopic (exact) mass is 342 g/mol. The zero-order valence-electron chi connectivity index (χ0n) is 14.1. The van der Waals surface area contributed by atoms with Gasteiger partial charge in [0.05, 0.1) is 18.9 Å². The third kappa shape index (κ3) is 4.61. The van der Waals surface area contributed by atoms with Gasteiger partial charge in [-0.1, -0.05) is 18.2 Å². The predicted octanol–water partition coefficient (Wildman–Crippen LogP) is 3.27. The summed E-state index contributed by atoms with van der Waals surface area (Å²) in [5, 5.41) is 2.14. The summed E-state index contributed by atoms with van der Waals surface area (Å²) in [6.07, 6.45) is 1.67. The molecule has 0 aliphatic rings. The Morgan fingerprint density at radius 3 is 2.56 bits per heavy atom. The Morgan fingerprint density at radius 1 is 1.00 bits per heavy atom. The number of hydrogen-bond acceptors (Lipinski definition) is 3. The minimum Gasteiger partial charge on any atom is -0.493 e. The van der Waals surface area contributed by atoms with E-state index in [2.05, 4.69) is 5.32 Å². The summed E-state index contributed by atoms with van der Waals surface area (Å²) in [5.74, 6) is 2.07. The molecule has 0 unspecified atom stereocenters. The number of hydrogen-bond donors (Lipinski definition) is 1. The van der Waals surface area contributed by atoms with Gasteiger partial charge < -0.3 is 19.2 Å². The molecule has 3 aromatic rings. The van der Waals surface area contributed by atoms with E-state index in [1.165, 1.54) is 12.1 Å². The molecule has 5 heteroatoms. The molecule has 0 spiro atoms. The normalized spacial score (nSPS) is 10.6. The first-order valence-electron chi connectivity index (χ1n) is 8.13. The van der Waals surface area contributed by atoms with E-state index < -0.39 is 0 Å². The molecule has 1 heterocycles. The topological polar surface area (TPSA) is 48.2 Å². The van der Waals surface area contributed by atoms with E-state index in [4.69, 9.17) is 13.9 Å². The Balaban J connectivity index is 1.68. The molecule has 1 aromatic heterocycles. The molecular formula is C20H21FNO3+. The molecule has 0 saturated heterocycles. The highest BCUT2D eigenvalue weighted by Gasteiger charge is 2.12. The molecule has 0 bridgehead atoms. The van der Waals surface area contributed by atoms with Gasteiger partial charge in [0, 0.05) is 0 Å². The van der Waals surface area contributed by atoms with Crippen molar-refractivity contribution in [2.24, 2.45) is 0 Å². The smallest absolute Gasteiger partial charge is 0.170 e. The molecule has 25 heavy (non-hydrogen) atoms. The molecule has 3 rings (SSSR count). The van der Waals surface area contributed by atoms with Gasteiger partial charge in [0.1, 0.15) is 25.5 Å². The van der Waals surface area contributed by atoms with Crippen LogP contribution in [-0.2, 0) is 19.7 Å². The van der Waals surface area contributed by atoms with Crippen LogP contribution in [0.1, 0.15) is 16.9 Å². The van der Waals surface area contributed by atoms with Crippen LogP contribution >= 0.6 is 0 Å². The summed E-state index contributed by atoms with van der Waals surface area (Å²) in [5.41, 5.74) is 1.94.